The number of nitrogens with one attached hydrogen (secondary N) is 1. The lowest BCUT2D eigenvalue weighted by atomic mass is 9.79. The van der Waals surface area contributed by atoms with Crippen LogP contribution in [0.25, 0.3) is 0 Å². The summed E-state index contributed by atoms with van der Waals surface area (Å²) in [7, 11) is 0. The summed E-state index contributed by atoms with van der Waals surface area (Å²) in [5.41, 5.74) is 3.56. The SMILES string of the molecule is C=C/C(=C(C)/C=C(\C)F)C1CCC(NCc2ccccc2)CC1. The molecule has 124 valence electrons. The molecule has 0 aromatic heterocycles. The lowest BCUT2D eigenvalue weighted by molar-refractivity contribution is 0.320. The van der Waals surface area contributed by atoms with E-state index in [1.54, 1.807) is 6.08 Å². The van der Waals surface area contributed by atoms with Crippen molar-refractivity contribution in [2.45, 2.75) is 52.1 Å². The molecule has 1 N–H and O–H groups in total. The van der Waals surface area contributed by atoms with Crippen LogP contribution < -0.4 is 5.32 Å². The number of allylic oxidation sites excluding steroid dienone is 5. The standard InChI is InChI=1S/C21H28FN/c1-4-21(16(2)14-17(3)22)19-10-12-20(13-11-19)23-15-18-8-6-5-7-9-18/h4-9,14,19-20,23H,1,10-13,15H2,2-3H3/b17-14+,21-16-. The van der Waals surface area contributed by atoms with Gasteiger partial charge < -0.3 is 5.32 Å². The summed E-state index contributed by atoms with van der Waals surface area (Å²) in [4.78, 5) is 0. The summed E-state index contributed by atoms with van der Waals surface area (Å²) >= 11 is 0. The van der Waals surface area contributed by atoms with Crippen molar-refractivity contribution in [3.8, 4) is 0 Å². The van der Waals surface area contributed by atoms with E-state index in [1.807, 2.05) is 19.1 Å². The Morgan fingerprint density at radius 2 is 1.83 bits per heavy atom. The van der Waals surface area contributed by atoms with Gasteiger partial charge in [0.1, 0.15) is 0 Å². The normalized spacial score (nSPS) is 23.3. The van der Waals surface area contributed by atoms with Crippen LogP contribution in [-0.2, 0) is 6.54 Å². The van der Waals surface area contributed by atoms with Crippen LogP contribution in [0.3, 0.4) is 0 Å². The van der Waals surface area contributed by atoms with Crippen LogP contribution in [0.4, 0.5) is 4.39 Å². The molecule has 1 aromatic rings. The van der Waals surface area contributed by atoms with Gasteiger partial charge in [0.25, 0.3) is 0 Å². The Bertz CT molecular complexity index is 559. The van der Waals surface area contributed by atoms with Crippen LogP contribution >= 0.6 is 0 Å². The molecule has 2 heteroatoms. The second-order valence-electron chi connectivity index (χ2n) is 6.49. The van der Waals surface area contributed by atoms with Crippen molar-refractivity contribution in [1.29, 1.82) is 0 Å². The van der Waals surface area contributed by atoms with Crippen molar-refractivity contribution < 1.29 is 4.39 Å². The Morgan fingerprint density at radius 3 is 2.39 bits per heavy atom. The second-order valence-corrected chi connectivity index (χ2v) is 6.49. The van der Waals surface area contributed by atoms with E-state index >= 15 is 0 Å². The molecule has 0 aliphatic heterocycles. The molecule has 0 spiro atoms. The van der Waals surface area contributed by atoms with Crippen molar-refractivity contribution in [2.75, 3.05) is 0 Å². The van der Waals surface area contributed by atoms with Crippen LogP contribution in [0.5, 0.6) is 0 Å². The summed E-state index contributed by atoms with van der Waals surface area (Å²) in [5.74, 6) is 0.373. The monoisotopic (exact) mass is 313 g/mol. The van der Waals surface area contributed by atoms with E-state index in [0.29, 0.717) is 12.0 Å². The predicted octanol–water partition coefficient (Wildman–Crippen LogP) is 5.71. The van der Waals surface area contributed by atoms with E-state index in [1.165, 1.54) is 30.9 Å². The highest BCUT2D eigenvalue weighted by Crippen LogP contribution is 2.33. The fraction of sp³-hybridized carbons (Fsp3) is 0.429. The van der Waals surface area contributed by atoms with Crippen LogP contribution in [0.15, 0.2) is 66.0 Å². The third-order valence-electron chi connectivity index (χ3n) is 4.70. The molecule has 1 nitrogen and oxygen atoms in total. The highest BCUT2D eigenvalue weighted by Gasteiger charge is 2.23. The third-order valence-corrected chi connectivity index (χ3v) is 4.70. The fourth-order valence-corrected chi connectivity index (χ4v) is 3.50. The molecule has 0 atom stereocenters. The minimum absolute atomic E-state index is 0.139. The predicted molar refractivity (Wildman–Crippen MR) is 96.8 cm³/mol. The molecular formula is C21H28FN. The quantitative estimate of drug-likeness (QED) is 0.663. The van der Waals surface area contributed by atoms with E-state index < -0.39 is 0 Å². The van der Waals surface area contributed by atoms with Crippen LogP contribution in [0.1, 0.15) is 45.1 Å². The summed E-state index contributed by atoms with van der Waals surface area (Å²) in [6, 6.07) is 11.1. The Labute approximate surface area is 140 Å². The van der Waals surface area contributed by atoms with Gasteiger partial charge in [-0.1, -0.05) is 43.0 Å². The van der Waals surface area contributed by atoms with E-state index in [9.17, 15) is 4.39 Å². The molecule has 1 fully saturated rings. The average molecular weight is 313 g/mol. The molecule has 0 bridgehead atoms. The highest BCUT2D eigenvalue weighted by molar-refractivity contribution is 5.33. The van der Waals surface area contributed by atoms with Gasteiger partial charge in [0.05, 0.1) is 5.83 Å². The van der Waals surface area contributed by atoms with Crippen molar-refractivity contribution in [3.63, 3.8) is 0 Å². The van der Waals surface area contributed by atoms with Gasteiger partial charge >= 0.3 is 0 Å². The van der Waals surface area contributed by atoms with Gasteiger partial charge in [-0.05, 0) is 68.2 Å². The summed E-state index contributed by atoms with van der Waals surface area (Å²) < 4.78 is 13.1. The molecule has 0 radical (unpaired) electrons. The van der Waals surface area contributed by atoms with Crippen molar-refractivity contribution in [3.05, 3.63) is 71.6 Å². The third kappa shape index (κ3) is 5.47. The van der Waals surface area contributed by atoms with Gasteiger partial charge in [-0.15, -0.1) is 0 Å². The number of halogens is 1. The summed E-state index contributed by atoms with van der Waals surface area (Å²) in [6.45, 7) is 8.35. The molecule has 2 rings (SSSR count). The van der Waals surface area contributed by atoms with Crippen molar-refractivity contribution >= 4 is 0 Å². The summed E-state index contributed by atoms with van der Waals surface area (Å²) in [5, 5.41) is 3.66. The molecule has 1 aliphatic carbocycles. The Kier molecular flexibility index (Phi) is 6.79. The van der Waals surface area contributed by atoms with Crippen LogP contribution in [-0.4, -0.2) is 6.04 Å². The minimum Gasteiger partial charge on any atom is -0.310 e. The van der Waals surface area contributed by atoms with Gasteiger partial charge in [0.15, 0.2) is 0 Å². The molecule has 23 heavy (non-hydrogen) atoms. The summed E-state index contributed by atoms with van der Waals surface area (Å²) in [6.07, 6.45) is 8.16. The maximum absolute atomic E-state index is 13.1. The van der Waals surface area contributed by atoms with E-state index in [-0.39, 0.29) is 5.83 Å². The second kappa shape index (κ2) is 8.83. The van der Waals surface area contributed by atoms with Gasteiger partial charge in [0.2, 0.25) is 0 Å². The maximum atomic E-state index is 13.1. The first-order valence-corrected chi connectivity index (χ1v) is 8.54. The van der Waals surface area contributed by atoms with E-state index in [0.717, 1.165) is 25.0 Å². The Morgan fingerprint density at radius 1 is 1.17 bits per heavy atom. The molecule has 0 heterocycles. The zero-order valence-electron chi connectivity index (χ0n) is 14.3. The first kappa shape index (κ1) is 17.7. The van der Waals surface area contributed by atoms with E-state index in [2.05, 4.69) is 36.2 Å². The molecule has 0 saturated heterocycles. The molecule has 0 amide bonds. The zero-order chi connectivity index (χ0) is 16.7. The average Bonchev–Trinajstić information content (AvgIpc) is 2.55. The Balaban J connectivity index is 1.87. The highest BCUT2D eigenvalue weighted by atomic mass is 19.1. The molecule has 1 aromatic carbocycles. The lowest BCUT2D eigenvalue weighted by Crippen LogP contribution is -2.33. The first-order chi connectivity index (χ1) is 11.1. The molecular weight excluding hydrogens is 285 g/mol. The fourth-order valence-electron chi connectivity index (χ4n) is 3.50. The smallest absolute Gasteiger partial charge is 0.0971 e. The van der Waals surface area contributed by atoms with Crippen LogP contribution in [0, 0.1) is 5.92 Å². The number of rotatable bonds is 6. The largest absolute Gasteiger partial charge is 0.310 e. The molecule has 1 saturated carbocycles. The molecule has 0 unspecified atom stereocenters. The number of hydrogen-bond acceptors (Lipinski definition) is 1. The minimum atomic E-state index is -0.139. The van der Waals surface area contributed by atoms with Crippen molar-refractivity contribution in [1.82, 2.24) is 5.32 Å². The first-order valence-electron chi connectivity index (χ1n) is 8.54. The topological polar surface area (TPSA) is 12.0 Å². The molecule has 1 aliphatic rings. The number of hydrogen-bond donors (Lipinski definition) is 1. The van der Waals surface area contributed by atoms with Gasteiger partial charge in [-0.25, -0.2) is 4.39 Å². The van der Waals surface area contributed by atoms with Crippen molar-refractivity contribution in [2.24, 2.45) is 5.92 Å². The van der Waals surface area contributed by atoms with Gasteiger partial charge in [0, 0.05) is 12.6 Å². The van der Waals surface area contributed by atoms with Gasteiger partial charge in [-0.3, -0.25) is 0 Å². The lowest BCUT2D eigenvalue weighted by Gasteiger charge is -2.30. The zero-order valence-corrected chi connectivity index (χ0v) is 14.3. The van der Waals surface area contributed by atoms with Crippen LogP contribution in [0.2, 0.25) is 0 Å². The Hall–Kier alpha value is -1.67. The number of benzene rings is 1. The van der Waals surface area contributed by atoms with E-state index in [4.69, 9.17) is 0 Å². The maximum Gasteiger partial charge on any atom is 0.0971 e. The van der Waals surface area contributed by atoms with Gasteiger partial charge in [-0.2, -0.15) is 0 Å².